The van der Waals surface area contributed by atoms with E-state index in [-0.39, 0.29) is 11.0 Å². The van der Waals surface area contributed by atoms with Gasteiger partial charge in [0.05, 0.1) is 11.0 Å². The van der Waals surface area contributed by atoms with Crippen molar-refractivity contribution in [3.63, 3.8) is 0 Å². The van der Waals surface area contributed by atoms with E-state index in [1.807, 2.05) is 6.92 Å². The fourth-order valence-electron chi connectivity index (χ4n) is 2.12. The van der Waals surface area contributed by atoms with Crippen molar-refractivity contribution in [1.82, 2.24) is 0 Å². The van der Waals surface area contributed by atoms with Crippen LogP contribution in [0.25, 0.3) is 0 Å². The van der Waals surface area contributed by atoms with Gasteiger partial charge in [-0.05, 0) is 25.5 Å². The van der Waals surface area contributed by atoms with Gasteiger partial charge in [-0.25, -0.2) is 0 Å². The lowest BCUT2D eigenvalue weighted by atomic mass is 10.1. The van der Waals surface area contributed by atoms with E-state index in [9.17, 15) is 8.42 Å². The van der Waals surface area contributed by atoms with Crippen LogP contribution < -0.4 is 0 Å². The summed E-state index contributed by atoms with van der Waals surface area (Å²) in [5, 5.41) is 0. The molecule has 0 aliphatic rings. The lowest BCUT2D eigenvalue weighted by Gasteiger charge is -2.12. The van der Waals surface area contributed by atoms with E-state index in [0.29, 0.717) is 0 Å². The van der Waals surface area contributed by atoms with Gasteiger partial charge in [0.25, 0.3) is 10.1 Å². The normalized spacial score (nSPS) is 13.3. The summed E-state index contributed by atoms with van der Waals surface area (Å²) < 4.78 is 29.2. The quantitative estimate of drug-likeness (QED) is 0.471. The summed E-state index contributed by atoms with van der Waals surface area (Å²) in [4.78, 5) is 0.231. The molecule has 0 aromatic heterocycles. The molecule has 0 bridgehead atoms. The van der Waals surface area contributed by atoms with E-state index < -0.39 is 10.1 Å². The van der Waals surface area contributed by atoms with Gasteiger partial charge in [-0.1, -0.05) is 63.6 Å². The fourth-order valence-corrected chi connectivity index (χ4v) is 3.25. The van der Waals surface area contributed by atoms with Crippen LogP contribution in [0.4, 0.5) is 0 Å². The molecule has 1 aromatic rings. The molecule has 0 spiro atoms. The van der Waals surface area contributed by atoms with Crippen LogP contribution >= 0.6 is 0 Å². The van der Waals surface area contributed by atoms with Crippen molar-refractivity contribution in [1.29, 1.82) is 0 Å². The summed E-state index contributed by atoms with van der Waals surface area (Å²) in [7, 11) is -3.61. The third-order valence-corrected chi connectivity index (χ3v) is 4.72. The van der Waals surface area contributed by atoms with Gasteiger partial charge >= 0.3 is 0 Å². The average Bonchev–Trinajstić information content (AvgIpc) is 2.43. The minimum Gasteiger partial charge on any atom is -0.263 e. The molecule has 0 N–H and O–H groups in total. The van der Waals surface area contributed by atoms with Crippen molar-refractivity contribution in [2.45, 2.75) is 69.8 Å². The third kappa shape index (κ3) is 6.53. The molecule has 20 heavy (non-hydrogen) atoms. The topological polar surface area (TPSA) is 43.4 Å². The molecule has 1 unspecified atom stereocenters. The van der Waals surface area contributed by atoms with Crippen LogP contribution in [-0.4, -0.2) is 14.5 Å². The molecular weight excluding hydrogens is 272 g/mol. The van der Waals surface area contributed by atoms with Crippen LogP contribution in [-0.2, 0) is 14.3 Å². The molecule has 0 fully saturated rings. The van der Waals surface area contributed by atoms with E-state index >= 15 is 0 Å². The number of rotatable bonds is 10. The molecule has 0 amide bonds. The van der Waals surface area contributed by atoms with Gasteiger partial charge in [0.1, 0.15) is 0 Å². The molecule has 1 atom stereocenters. The van der Waals surface area contributed by atoms with Gasteiger partial charge in [-0.3, -0.25) is 4.18 Å². The minimum absolute atomic E-state index is 0.231. The Morgan fingerprint density at radius 1 is 1.00 bits per heavy atom. The molecule has 3 nitrogen and oxygen atoms in total. The van der Waals surface area contributed by atoms with Gasteiger partial charge < -0.3 is 0 Å². The Kier molecular flexibility index (Phi) is 7.85. The van der Waals surface area contributed by atoms with E-state index in [1.165, 1.54) is 25.7 Å². The maximum atomic E-state index is 12.0. The van der Waals surface area contributed by atoms with Crippen LogP contribution in [0.3, 0.4) is 0 Å². The van der Waals surface area contributed by atoms with E-state index in [4.69, 9.17) is 4.18 Å². The van der Waals surface area contributed by atoms with Gasteiger partial charge in [-0.15, -0.1) is 0 Å². The summed E-state index contributed by atoms with van der Waals surface area (Å²) in [6, 6.07) is 8.32. The molecule has 1 rings (SSSR count). The molecule has 114 valence electrons. The average molecular weight is 298 g/mol. The van der Waals surface area contributed by atoms with Crippen molar-refractivity contribution in [3.8, 4) is 0 Å². The van der Waals surface area contributed by atoms with Gasteiger partial charge in [-0.2, -0.15) is 8.42 Å². The van der Waals surface area contributed by atoms with Crippen LogP contribution in [0.15, 0.2) is 35.2 Å². The number of unbranched alkanes of at least 4 members (excludes halogenated alkanes) is 5. The summed E-state index contributed by atoms with van der Waals surface area (Å²) in [5.74, 6) is 0. The maximum Gasteiger partial charge on any atom is 0.297 e. The summed E-state index contributed by atoms with van der Waals surface area (Å²) in [5.41, 5.74) is 0. The molecule has 0 radical (unpaired) electrons. The Bertz CT molecular complexity index is 454. The predicted octanol–water partition coefficient (Wildman–Crippen LogP) is 4.53. The zero-order valence-corrected chi connectivity index (χ0v) is 13.4. The van der Waals surface area contributed by atoms with Crippen LogP contribution in [0.1, 0.15) is 58.8 Å². The summed E-state index contributed by atoms with van der Waals surface area (Å²) in [6.07, 6.45) is 7.74. The second kappa shape index (κ2) is 9.14. The number of hydrogen-bond acceptors (Lipinski definition) is 3. The first-order chi connectivity index (χ1) is 9.56. The van der Waals surface area contributed by atoms with Crippen molar-refractivity contribution in [2.75, 3.05) is 0 Å². The van der Waals surface area contributed by atoms with E-state index in [1.54, 1.807) is 30.3 Å². The molecule has 0 aliphatic heterocycles. The van der Waals surface area contributed by atoms with Crippen molar-refractivity contribution < 1.29 is 12.6 Å². The standard InChI is InChI=1S/C16H26O3S/c1-3-4-5-6-7-9-12-15(2)19-20(17,18)16-13-10-8-11-14-16/h8,10-11,13-15H,3-7,9,12H2,1-2H3. The zero-order valence-electron chi connectivity index (χ0n) is 12.5. The molecular formula is C16H26O3S. The second-order valence-corrected chi connectivity index (χ2v) is 6.80. The first-order valence-electron chi connectivity index (χ1n) is 7.54. The molecule has 0 heterocycles. The first-order valence-corrected chi connectivity index (χ1v) is 8.95. The van der Waals surface area contributed by atoms with Crippen LogP contribution in [0.2, 0.25) is 0 Å². The highest BCUT2D eigenvalue weighted by Crippen LogP contribution is 2.17. The predicted molar refractivity (Wildman–Crippen MR) is 82.2 cm³/mol. The smallest absolute Gasteiger partial charge is 0.263 e. The van der Waals surface area contributed by atoms with Crippen molar-refractivity contribution >= 4 is 10.1 Å². The Morgan fingerprint density at radius 3 is 2.25 bits per heavy atom. The highest BCUT2D eigenvalue weighted by Gasteiger charge is 2.18. The molecule has 0 saturated heterocycles. The maximum absolute atomic E-state index is 12.0. The van der Waals surface area contributed by atoms with Crippen LogP contribution in [0.5, 0.6) is 0 Å². The number of benzene rings is 1. The minimum atomic E-state index is -3.61. The van der Waals surface area contributed by atoms with Crippen molar-refractivity contribution in [2.24, 2.45) is 0 Å². The Morgan fingerprint density at radius 2 is 1.60 bits per heavy atom. The monoisotopic (exact) mass is 298 g/mol. The largest absolute Gasteiger partial charge is 0.297 e. The Hall–Kier alpha value is -0.870. The highest BCUT2D eigenvalue weighted by molar-refractivity contribution is 7.86. The van der Waals surface area contributed by atoms with Crippen LogP contribution in [0, 0.1) is 0 Å². The zero-order chi connectivity index (χ0) is 14.8. The third-order valence-electron chi connectivity index (χ3n) is 3.29. The SMILES string of the molecule is CCCCCCCCC(C)OS(=O)(=O)c1ccccc1. The van der Waals surface area contributed by atoms with Gasteiger partial charge in [0.15, 0.2) is 0 Å². The van der Waals surface area contributed by atoms with E-state index in [2.05, 4.69) is 6.92 Å². The molecule has 4 heteroatoms. The molecule has 0 saturated carbocycles. The Labute approximate surface area is 123 Å². The van der Waals surface area contributed by atoms with E-state index in [0.717, 1.165) is 19.3 Å². The molecule has 0 aliphatic carbocycles. The second-order valence-electron chi connectivity index (χ2n) is 5.23. The fraction of sp³-hybridized carbons (Fsp3) is 0.625. The van der Waals surface area contributed by atoms with Gasteiger partial charge in [0.2, 0.25) is 0 Å². The summed E-state index contributed by atoms with van der Waals surface area (Å²) in [6.45, 7) is 4.02. The van der Waals surface area contributed by atoms with Gasteiger partial charge in [0, 0.05) is 0 Å². The number of hydrogen-bond donors (Lipinski definition) is 0. The lowest BCUT2D eigenvalue weighted by Crippen LogP contribution is -2.15. The first kappa shape index (κ1) is 17.2. The highest BCUT2D eigenvalue weighted by atomic mass is 32.2. The lowest BCUT2D eigenvalue weighted by molar-refractivity contribution is 0.213. The Balaban J connectivity index is 2.30. The van der Waals surface area contributed by atoms with Crippen molar-refractivity contribution in [3.05, 3.63) is 30.3 Å². The molecule has 1 aromatic carbocycles. The summed E-state index contributed by atoms with van der Waals surface area (Å²) >= 11 is 0.